The number of carbonyl (C=O) groups excluding carboxylic acids is 2. The molecule has 1 spiro atoms. The lowest BCUT2D eigenvalue weighted by Crippen LogP contribution is -2.61. The normalized spacial score (nSPS) is 44.3. The van der Waals surface area contributed by atoms with Crippen molar-refractivity contribution in [3.05, 3.63) is 11.6 Å². The summed E-state index contributed by atoms with van der Waals surface area (Å²) in [6.07, 6.45) is 8.18. The minimum atomic E-state index is -0.703. The molecule has 3 fully saturated rings. The average Bonchev–Trinajstić information content (AvgIpc) is 2.81. The number of ether oxygens (including phenoxy) is 2. The highest BCUT2D eigenvalue weighted by atomic mass is 16.5. The summed E-state index contributed by atoms with van der Waals surface area (Å²) in [4.78, 5) is 35.7. The van der Waals surface area contributed by atoms with Gasteiger partial charge in [-0.25, -0.2) is 0 Å². The molecular weight excluding hydrogens is 384 g/mol. The van der Waals surface area contributed by atoms with Crippen LogP contribution in [0.25, 0.3) is 0 Å². The van der Waals surface area contributed by atoms with Crippen LogP contribution in [0.2, 0.25) is 0 Å². The van der Waals surface area contributed by atoms with E-state index in [4.69, 9.17) is 9.47 Å². The van der Waals surface area contributed by atoms with Gasteiger partial charge >= 0.3 is 17.9 Å². The lowest BCUT2D eigenvalue weighted by molar-refractivity contribution is -0.200. The van der Waals surface area contributed by atoms with E-state index >= 15 is 0 Å². The van der Waals surface area contributed by atoms with E-state index in [9.17, 15) is 19.5 Å². The Morgan fingerprint density at radius 3 is 2.40 bits per heavy atom. The molecule has 0 unspecified atom stereocenters. The molecular formula is C24H34O6. The van der Waals surface area contributed by atoms with Gasteiger partial charge in [0.1, 0.15) is 12.7 Å². The number of aliphatic carboxylic acids is 1. The maximum absolute atomic E-state index is 12.3. The summed E-state index contributed by atoms with van der Waals surface area (Å²) in [5, 5.41) is 10.1. The van der Waals surface area contributed by atoms with Gasteiger partial charge in [-0.05, 0) is 68.3 Å². The van der Waals surface area contributed by atoms with Crippen molar-refractivity contribution >= 4 is 17.9 Å². The predicted octanol–water partition coefficient (Wildman–Crippen LogP) is 4.12. The summed E-state index contributed by atoms with van der Waals surface area (Å²) >= 11 is 0. The molecule has 0 aliphatic heterocycles. The van der Waals surface area contributed by atoms with Gasteiger partial charge in [-0.15, -0.1) is 0 Å². The fourth-order valence-corrected chi connectivity index (χ4v) is 8.02. The fourth-order valence-electron chi connectivity index (χ4n) is 8.02. The molecule has 2 bridgehead atoms. The van der Waals surface area contributed by atoms with Gasteiger partial charge in [0.25, 0.3) is 0 Å². The standard InChI is InChI=1S/C24H34O6/c1-14(25)29-13-16-12-24-11-8-18-22(3,9-5-10-23(18,4)21(27)28)19(24)7-6-17(16)20(24)30-15(2)26/h12,17-20H,5-11,13H2,1-4H3,(H,27,28)/t17-,18-,19-,20+,22+,23+,24-/m0/s1. The Morgan fingerprint density at radius 2 is 1.77 bits per heavy atom. The number of hydrogen-bond acceptors (Lipinski definition) is 5. The van der Waals surface area contributed by atoms with Crippen molar-refractivity contribution in [2.45, 2.75) is 78.7 Å². The van der Waals surface area contributed by atoms with Crippen LogP contribution in [0.1, 0.15) is 72.6 Å². The third-order valence-electron chi connectivity index (χ3n) is 9.10. The second-order valence-electron chi connectivity index (χ2n) is 10.6. The third kappa shape index (κ3) is 2.93. The van der Waals surface area contributed by atoms with Crippen molar-refractivity contribution < 1.29 is 29.0 Å². The van der Waals surface area contributed by atoms with Crippen LogP contribution < -0.4 is 0 Å². The molecule has 7 atom stereocenters. The second kappa shape index (κ2) is 7.10. The highest BCUT2D eigenvalue weighted by molar-refractivity contribution is 5.75. The van der Waals surface area contributed by atoms with Gasteiger partial charge < -0.3 is 14.6 Å². The summed E-state index contributed by atoms with van der Waals surface area (Å²) in [6.45, 7) is 7.33. The van der Waals surface area contributed by atoms with Gasteiger partial charge in [-0.2, -0.15) is 0 Å². The molecule has 0 heterocycles. The second-order valence-corrected chi connectivity index (χ2v) is 10.6. The summed E-state index contributed by atoms with van der Waals surface area (Å²) in [5.74, 6) is -0.809. The molecule has 0 amide bonds. The van der Waals surface area contributed by atoms with Crippen LogP contribution in [-0.4, -0.2) is 35.7 Å². The van der Waals surface area contributed by atoms with Crippen LogP contribution in [0.5, 0.6) is 0 Å². The van der Waals surface area contributed by atoms with Crippen molar-refractivity contribution in [1.82, 2.24) is 0 Å². The van der Waals surface area contributed by atoms with Gasteiger partial charge in [0, 0.05) is 25.2 Å². The molecule has 0 radical (unpaired) electrons. The predicted molar refractivity (Wildman–Crippen MR) is 109 cm³/mol. The number of hydrogen-bond donors (Lipinski definition) is 1. The zero-order valence-corrected chi connectivity index (χ0v) is 18.5. The number of carboxylic acid groups (broad SMARTS) is 1. The Morgan fingerprint density at radius 1 is 1.03 bits per heavy atom. The van der Waals surface area contributed by atoms with Gasteiger partial charge in [0.15, 0.2) is 0 Å². The van der Waals surface area contributed by atoms with Crippen molar-refractivity contribution in [2.75, 3.05) is 6.61 Å². The third-order valence-corrected chi connectivity index (χ3v) is 9.10. The molecule has 1 N–H and O–H groups in total. The van der Waals surface area contributed by atoms with E-state index in [-0.39, 0.29) is 53.2 Å². The Hall–Kier alpha value is -1.85. The Bertz CT molecular complexity index is 802. The Labute approximate surface area is 178 Å². The maximum Gasteiger partial charge on any atom is 0.309 e. The topological polar surface area (TPSA) is 89.9 Å². The molecule has 166 valence electrons. The summed E-state index contributed by atoms with van der Waals surface area (Å²) < 4.78 is 11.3. The van der Waals surface area contributed by atoms with Crippen LogP contribution in [0.3, 0.4) is 0 Å². The number of fused-ring (bicyclic) bond motifs is 3. The lowest BCUT2D eigenvalue weighted by atomic mass is 9.40. The van der Waals surface area contributed by atoms with Crippen molar-refractivity contribution in [3.63, 3.8) is 0 Å². The first kappa shape index (κ1) is 21.4. The molecule has 6 nitrogen and oxygen atoms in total. The number of carbonyl (C=O) groups is 3. The monoisotopic (exact) mass is 418 g/mol. The molecule has 30 heavy (non-hydrogen) atoms. The first-order chi connectivity index (χ1) is 14.0. The average molecular weight is 419 g/mol. The van der Waals surface area contributed by atoms with Gasteiger partial charge in [-0.3, -0.25) is 14.4 Å². The Kier molecular flexibility index (Phi) is 5.06. The quantitative estimate of drug-likeness (QED) is 0.545. The smallest absolute Gasteiger partial charge is 0.309 e. The van der Waals surface area contributed by atoms with Crippen LogP contribution >= 0.6 is 0 Å². The van der Waals surface area contributed by atoms with Crippen LogP contribution in [-0.2, 0) is 23.9 Å². The minimum Gasteiger partial charge on any atom is -0.481 e. The highest BCUT2D eigenvalue weighted by Gasteiger charge is 2.68. The van der Waals surface area contributed by atoms with Crippen LogP contribution in [0.15, 0.2) is 11.6 Å². The molecule has 0 aromatic heterocycles. The van der Waals surface area contributed by atoms with Crippen LogP contribution in [0, 0.1) is 34.0 Å². The fraction of sp³-hybridized carbons (Fsp3) is 0.792. The highest BCUT2D eigenvalue weighted by Crippen LogP contribution is 2.71. The number of carboxylic acids is 1. The van der Waals surface area contributed by atoms with Crippen molar-refractivity contribution in [1.29, 1.82) is 0 Å². The van der Waals surface area contributed by atoms with E-state index in [0.717, 1.165) is 50.5 Å². The zero-order valence-electron chi connectivity index (χ0n) is 18.5. The molecule has 4 rings (SSSR count). The van der Waals surface area contributed by atoms with E-state index in [1.54, 1.807) is 0 Å². The molecule has 3 saturated carbocycles. The molecule has 0 saturated heterocycles. The van der Waals surface area contributed by atoms with E-state index < -0.39 is 11.4 Å². The number of rotatable bonds is 4. The van der Waals surface area contributed by atoms with E-state index in [2.05, 4.69) is 13.0 Å². The van der Waals surface area contributed by atoms with E-state index in [1.165, 1.54) is 13.8 Å². The van der Waals surface area contributed by atoms with Crippen LogP contribution in [0.4, 0.5) is 0 Å². The SMILES string of the molecule is CC(=O)OCC1=C[C@@]23CC[C@H]4[C@@](C)(CCC[C@@]4(C)C(=O)O)[C@@H]2CC[C@@H]1[C@H]3OC(C)=O. The molecule has 4 aliphatic carbocycles. The summed E-state index contributed by atoms with van der Waals surface area (Å²) in [6, 6.07) is 0. The summed E-state index contributed by atoms with van der Waals surface area (Å²) in [5.41, 5.74) is -0.0320. The van der Waals surface area contributed by atoms with Gasteiger partial charge in [0.2, 0.25) is 0 Å². The largest absolute Gasteiger partial charge is 0.481 e. The molecule has 6 heteroatoms. The van der Waals surface area contributed by atoms with Gasteiger partial charge in [-0.1, -0.05) is 19.4 Å². The summed E-state index contributed by atoms with van der Waals surface area (Å²) in [7, 11) is 0. The van der Waals surface area contributed by atoms with E-state index in [1.807, 2.05) is 6.92 Å². The molecule has 0 aromatic carbocycles. The first-order valence-electron chi connectivity index (χ1n) is 11.3. The van der Waals surface area contributed by atoms with E-state index in [0.29, 0.717) is 0 Å². The number of esters is 2. The molecule has 4 aliphatic rings. The van der Waals surface area contributed by atoms with Gasteiger partial charge in [0.05, 0.1) is 5.41 Å². The Balaban J connectivity index is 1.75. The zero-order chi connectivity index (χ0) is 21.9. The maximum atomic E-state index is 12.3. The lowest BCUT2D eigenvalue weighted by Gasteiger charge is -2.64. The molecule has 0 aromatic rings. The first-order valence-corrected chi connectivity index (χ1v) is 11.3. The van der Waals surface area contributed by atoms with Crippen molar-refractivity contribution in [2.24, 2.45) is 34.0 Å². The minimum absolute atomic E-state index is 0.0825. The van der Waals surface area contributed by atoms with Crippen molar-refractivity contribution in [3.8, 4) is 0 Å².